The smallest absolute Gasteiger partial charge is 0.231 e. The number of nitrogens with zero attached hydrogens (tertiary/aromatic N) is 1. The highest BCUT2D eigenvalue weighted by Gasteiger charge is 2.23. The van der Waals surface area contributed by atoms with Crippen LogP contribution in [0.15, 0.2) is 47.4 Å². The van der Waals surface area contributed by atoms with Gasteiger partial charge in [0.05, 0.1) is 12.1 Å². The molecule has 0 saturated heterocycles. The lowest BCUT2D eigenvalue weighted by Gasteiger charge is -2.29. The van der Waals surface area contributed by atoms with E-state index in [0.717, 1.165) is 28.4 Å². The van der Waals surface area contributed by atoms with Crippen molar-refractivity contribution in [1.29, 1.82) is 0 Å². The third-order valence-electron chi connectivity index (χ3n) is 3.56. The van der Waals surface area contributed by atoms with Gasteiger partial charge in [0.15, 0.2) is 0 Å². The molecule has 0 aromatic heterocycles. The molecular weight excluding hydrogens is 302 g/mol. The summed E-state index contributed by atoms with van der Waals surface area (Å²) in [7, 11) is 0. The molecule has 2 nitrogen and oxygen atoms in total. The molecule has 2 aromatic rings. The Bertz CT molecular complexity index is 669. The second-order valence-corrected chi connectivity index (χ2v) is 6.74. The number of carbonyl (C=O) groups excluding carboxylic acids is 1. The first-order valence-corrected chi connectivity index (χ1v) is 8.28. The Kier molecular flexibility index (Phi) is 4.22. The quantitative estimate of drug-likeness (QED) is 0.821. The molecule has 108 valence electrons. The van der Waals surface area contributed by atoms with Gasteiger partial charge in [-0.15, -0.1) is 11.8 Å². The molecule has 0 saturated carbocycles. The molecule has 0 aliphatic carbocycles. The number of hydrogen-bond acceptors (Lipinski definition) is 2. The van der Waals surface area contributed by atoms with E-state index in [2.05, 4.69) is 0 Å². The molecular formula is C17H16ClNOS. The van der Waals surface area contributed by atoms with Gasteiger partial charge in [-0.25, -0.2) is 0 Å². The Hall–Kier alpha value is -1.45. The van der Waals surface area contributed by atoms with Crippen molar-refractivity contribution in [1.82, 2.24) is 0 Å². The maximum atomic E-state index is 12.6. The van der Waals surface area contributed by atoms with E-state index in [1.165, 1.54) is 5.56 Å². The highest BCUT2D eigenvalue weighted by molar-refractivity contribution is 7.99. The van der Waals surface area contributed by atoms with E-state index in [4.69, 9.17) is 11.6 Å². The first-order chi connectivity index (χ1) is 10.1. The maximum absolute atomic E-state index is 12.6. The Morgan fingerprint density at radius 2 is 2.00 bits per heavy atom. The number of halogens is 1. The van der Waals surface area contributed by atoms with E-state index in [0.29, 0.717) is 11.4 Å². The van der Waals surface area contributed by atoms with Crippen LogP contribution >= 0.6 is 23.4 Å². The van der Waals surface area contributed by atoms with Crippen molar-refractivity contribution >= 4 is 35.0 Å². The summed E-state index contributed by atoms with van der Waals surface area (Å²) in [6.45, 7) is 2.79. The van der Waals surface area contributed by atoms with Gasteiger partial charge < -0.3 is 4.90 Å². The molecule has 0 fully saturated rings. The van der Waals surface area contributed by atoms with Gasteiger partial charge in [0.25, 0.3) is 0 Å². The average Bonchev–Trinajstić information content (AvgIpc) is 2.49. The van der Waals surface area contributed by atoms with Gasteiger partial charge in [0.1, 0.15) is 0 Å². The molecule has 1 amide bonds. The number of thioether (sulfide) groups is 1. The summed E-state index contributed by atoms with van der Waals surface area (Å²) >= 11 is 7.85. The zero-order valence-corrected chi connectivity index (χ0v) is 13.4. The van der Waals surface area contributed by atoms with E-state index >= 15 is 0 Å². The van der Waals surface area contributed by atoms with Gasteiger partial charge in [-0.1, -0.05) is 41.4 Å². The van der Waals surface area contributed by atoms with Gasteiger partial charge in [-0.2, -0.15) is 0 Å². The highest BCUT2D eigenvalue weighted by atomic mass is 35.5. The number of benzene rings is 2. The average molecular weight is 318 g/mol. The zero-order valence-electron chi connectivity index (χ0n) is 11.8. The number of anilines is 1. The normalized spacial score (nSPS) is 13.9. The second-order valence-electron chi connectivity index (χ2n) is 5.17. The van der Waals surface area contributed by atoms with Crippen LogP contribution in [0, 0.1) is 6.92 Å². The molecule has 3 rings (SSSR count). The van der Waals surface area contributed by atoms with Crippen LogP contribution in [0.25, 0.3) is 0 Å². The van der Waals surface area contributed by atoms with Crippen molar-refractivity contribution in [2.24, 2.45) is 0 Å². The standard InChI is InChI=1S/C17H16ClNOS/c1-12-2-4-13(5-3-12)10-17(20)19-8-9-21-16-7-6-14(18)11-15(16)19/h2-7,11H,8-10H2,1H3. The van der Waals surface area contributed by atoms with Crippen molar-refractivity contribution in [3.05, 3.63) is 58.6 Å². The number of fused-ring (bicyclic) bond motifs is 1. The first kappa shape index (κ1) is 14.5. The molecule has 0 N–H and O–H groups in total. The van der Waals surface area contributed by atoms with Crippen molar-refractivity contribution < 1.29 is 4.79 Å². The topological polar surface area (TPSA) is 20.3 Å². The van der Waals surface area contributed by atoms with Crippen LogP contribution < -0.4 is 4.90 Å². The van der Waals surface area contributed by atoms with Crippen LogP contribution in [-0.2, 0) is 11.2 Å². The number of carbonyl (C=O) groups is 1. The Morgan fingerprint density at radius 3 is 2.76 bits per heavy atom. The Labute approximate surface area is 134 Å². The maximum Gasteiger partial charge on any atom is 0.231 e. The molecule has 1 aliphatic heterocycles. The second kappa shape index (κ2) is 6.12. The summed E-state index contributed by atoms with van der Waals surface area (Å²) in [6.07, 6.45) is 0.427. The molecule has 2 aromatic carbocycles. The van der Waals surface area contributed by atoms with Crippen LogP contribution in [0.2, 0.25) is 5.02 Å². The molecule has 0 spiro atoms. The van der Waals surface area contributed by atoms with Crippen LogP contribution in [0.1, 0.15) is 11.1 Å². The van der Waals surface area contributed by atoms with Gasteiger partial charge in [0, 0.05) is 22.2 Å². The van der Waals surface area contributed by atoms with Crippen LogP contribution in [0.4, 0.5) is 5.69 Å². The van der Waals surface area contributed by atoms with Crippen molar-refractivity contribution in [3.63, 3.8) is 0 Å². The largest absolute Gasteiger partial charge is 0.310 e. The van der Waals surface area contributed by atoms with Crippen molar-refractivity contribution in [3.8, 4) is 0 Å². The zero-order chi connectivity index (χ0) is 14.8. The minimum atomic E-state index is 0.127. The molecule has 0 atom stereocenters. The SMILES string of the molecule is Cc1ccc(CC(=O)N2CCSc3ccc(Cl)cc32)cc1. The monoisotopic (exact) mass is 317 g/mol. The van der Waals surface area contributed by atoms with Gasteiger partial charge >= 0.3 is 0 Å². The number of amides is 1. The minimum Gasteiger partial charge on any atom is -0.310 e. The predicted octanol–water partition coefficient (Wildman–Crippen LogP) is 4.33. The Morgan fingerprint density at radius 1 is 1.24 bits per heavy atom. The summed E-state index contributed by atoms with van der Waals surface area (Å²) in [5.74, 6) is 1.05. The lowest BCUT2D eigenvalue weighted by Crippen LogP contribution is -2.36. The van der Waals surface area contributed by atoms with E-state index in [-0.39, 0.29) is 5.91 Å². The van der Waals surface area contributed by atoms with Gasteiger partial charge in [-0.05, 0) is 30.7 Å². The van der Waals surface area contributed by atoms with Crippen molar-refractivity contribution in [2.45, 2.75) is 18.2 Å². The molecule has 1 heterocycles. The fraction of sp³-hybridized carbons (Fsp3) is 0.235. The number of rotatable bonds is 2. The van der Waals surface area contributed by atoms with Gasteiger partial charge in [0.2, 0.25) is 5.91 Å². The van der Waals surface area contributed by atoms with E-state index in [1.807, 2.05) is 54.3 Å². The lowest BCUT2D eigenvalue weighted by molar-refractivity contribution is -0.118. The van der Waals surface area contributed by atoms with E-state index < -0.39 is 0 Å². The fourth-order valence-electron chi connectivity index (χ4n) is 2.43. The lowest BCUT2D eigenvalue weighted by atomic mass is 10.1. The molecule has 0 bridgehead atoms. The van der Waals surface area contributed by atoms with E-state index in [1.54, 1.807) is 11.8 Å². The van der Waals surface area contributed by atoms with Crippen molar-refractivity contribution in [2.75, 3.05) is 17.2 Å². The Balaban J connectivity index is 1.83. The number of aryl methyl sites for hydroxylation is 1. The fourth-order valence-corrected chi connectivity index (χ4v) is 3.57. The predicted molar refractivity (Wildman–Crippen MR) is 89.4 cm³/mol. The molecule has 4 heteroatoms. The number of hydrogen-bond donors (Lipinski definition) is 0. The molecule has 0 radical (unpaired) electrons. The molecule has 21 heavy (non-hydrogen) atoms. The summed E-state index contributed by atoms with van der Waals surface area (Å²) in [5.41, 5.74) is 3.20. The molecule has 1 aliphatic rings. The summed E-state index contributed by atoms with van der Waals surface area (Å²) < 4.78 is 0. The third kappa shape index (κ3) is 3.25. The first-order valence-electron chi connectivity index (χ1n) is 6.92. The molecule has 0 unspecified atom stereocenters. The highest BCUT2D eigenvalue weighted by Crippen LogP contribution is 2.36. The van der Waals surface area contributed by atoms with E-state index in [9.17, 15) is 4.79 Å². The minimum absolute atomic E-state index is 0.127. The van der Waals surface area contributed by atoms with Gasteiger partial charge in [-0.3, -0.25) is 4.79 Å². The van der Waals surface area contributed by atoms with Crippen LogP contribution in [0.5, 0.6) is 0 Å². The van der Waals surface area contributed by atoms with Crippen LogP contribution in [0.3, 0.4) is 0 Å². The third-order valence-corrected chi connectivity index (χ3v) is 4.84. The summed E-state index contributed by atoms with van der Waals surface area (Å²) in [4.78, 5) is 15.6. The van der Waals surface area contributed by atoms with Crippen LogP contribution in [-0.4, -0.2) is 18.2 Å². The summed E-state index contributed by atoms with van der Waals surface area (Å²) in [5, 5.41) is 0.671. The summed E-state index contributed by atoms with van der Waals surface area (Å²) in [6, 6.07) is 13.9.